The number of alkyl halides is 1. The van der Waals surface area contributed by atoms with E-state index >= 15 is 0 Å². The molecule has 82 valence electrons. The second-order valence-electron chi connectivity index (χ2n) is 2.88. The number of carbonyl (C=O) groups is 1. The van der Waals surface area contributed by atoms with Crippen LogP contribution in [0.2, 0.25) is 0 Å². The molecule has 3 nitrogen and oxygen atoms in total. The van der Waals surface area contributed by atoms with Gasteiger partial charge in [0, 0.05) is 5.56 Å². The Labute approximate surface area is 82.8 Å². The fourth-order valence-corrected chi connectivity index (χ4v) is 1.10. The lowest BCUT2D eigenvalue weighted by atomic mass is 10.0. The van der Waals surface area contributed by atoms with Gasteiger partial charge in [0.15, 0.2) is 18.2 Å². The summed E-state index contributed by atoms with van der Waals surface area (Å²) >= 11 is 0. The summed E-state index contributed by atoms with van der Waals surface area (Å²) in [5.41, 5.74) is -1.49. The number of Topliss-reactive ketones (excluding diaryl/α,β-unsaturated/α-hetero) is 1. The summed E-state index contributed by atoms with van der Waals surface area (Å²) in [6, 6.07) is 0. The van der Waals surface area contributed by atoms with Crippen LogP contribution in [-0.2, 0) is 0 Å². The van der Waals surface area contributed by atoms with Crippen molar-refractivity contribution in [2.75, 3.05) is 6.67 Å². The van der Waals surface area contributed by atoms with Crippen molar-refractivity contribution < 1.29 is 28.2 Å². The molecule has 6 heteroatoms. The highest BCUT2D eigenvalue weighted by Gasteiger charge is 2.26. The largest absolute Gasteiger partial charge is 0.507 e. The second-order valence-corrected chi connectivity index (χ2v) is 2.88. The molecule has 0 saturated carbocycles. The summed E-state index contributed by atoms with van der Waals surface area (Å²) in [6.07, 6.45) is 0. The van der Waals surface area contributed by atoms with E-state index in [1.54, 1.807) is 0 Å². The van der Waals surface area contributed by atoms with Crippen LogP contribution in [0.5, 0.6) is 11.5 Å². The Hall–Kier alpha value is -1.72. The van der Waals surface area contributed by atoms with Crippen LogP contribution >= 0.6 is 0 Å². The summed E-state index contributed by atoms with van der Waals surface area (Å²) in [7, 11) is 0. The second kappa shape index (κ2) is 3.80. The number of hydrogen-bond acceptors (Lipinski definition) is 3. The maximum atomic E-state index is 13.1. The highest BCUT2D eigenvalue weighted by Crippen LogP contribution is 2.35. The first-order valence-corrected chi connectivity index (χ1v) is 3.90. The van der Waals surface area contributed by atoms with Gasteiger partial charge in [0.25, 0.3) is 0 Å². The van der Waals surface area contributed by atoms with E-state index in [0.29, 0.717) is 0 Å². The van der Waals surface area contributed by atoms with E-state index in [0.717, 1.165) is 6.92 Å². The molecule has 2 N–H and O–H groups in total. The van der Waals surface area contributed by atoms with Crippen molar-refractivity contribution in [1.29, 1.82) is 0 Å². The number of aromatic hydroxyl groups is 2. The number of phenols is 2. The number of ketones is 1. The molecule has 1 aromatic carbocycles. The van der Waals surface area contributed by atoms with Crippen molar-refractivity contribution in [3.63, 3.8) is 0 Å². The third kappa shape index (κ3) is 1.62. The van der Waals surface area contributed by atoms with Crippen LogP contribution in [0, 0.1) is 18.6 Å². The van der Waals surface area contributed by atoms with Gasteiger partial charge in [-0.25, -0.2) is 8.78 Å². The van der Waals surface area contributed by atoms with Crippen LogP contribution in [0.1, 0.15) is 15.9 Å². The van der Waals surface area contributed by atoms with E-state index in [1.807, 2.05) is 0 Å². The topological polar surface area (TPSA) is 57.5 Å². The normalized spacial score (nSPS) is 10.4. The molecule has 0 aliphatic rings. The van der Waals surface area contributed by atoms with E-state index < -0.39 is 46.7 Å². The molecule has 0 aromatic heterocycles. The summed E-state index contributed by atoms with van der Waals surface area (Å²) in [6.45, 7) is -0.490. The minimum Gasteiger partial charge on any atom is -0.507 e. The fraction of sp³-hybridized carbons (Fsp3) is 0.222. The lowest BCUT2D eigenvalue weighted by Gasteiger charge is -2.09. The van der Waals surface area contributed by atoms with Crippen molar-refractivity contribution in [1.82, 2.24) is 0 Å². The van der Waals surface area contributed by atoms with Crippen molar-refractivity contribution in [3.05, 3.63) is 22.8 Å². The molecule has 0 amide bonds. The zero-order valence-corrected chi connectivity index (χ0v) is 7.64. The van der Waals surface area contributed by atoms with E-state index in [1.165, 1.54) is 0 Å². The summed E-state index contributed by atoms with van der Waals surface area (Å²) in [5.74, 6) is -6.86. The average Bonchev–Trinajstić information content (AvgIpc) is 2.23. The molecule has 0 heterocycles. The van der Waals surface area contributed by atoms with E-state index in [-0.39, 0.29) is 0 Å². The molecule has 0 fully saturated rings. The van der Waals surface area contributed by atoms with Crippen LogP contribution in [0.4, 0.5) is 13.2 Å². The predicted octanol–water partition coefficient (Wildman–Crippen LogP) is 1.84. The Morgan fingerprint density at radius 1 is 1.20 bits per heavy atom. The minimum atomic E-state index is -1.75. The molecule has 1 aromatic rings. The Balaban J connectivity index is 3.60. The number of phenolic OH excluding ortho intramolecular Hbond substituents is 2. The summed E-state index contributed by atoms with van der Waals surface area (Å²) in [5, 5.41) is 18.2. The minimum absolute atomic E-state index is 0.411. The van der Waals surface area contributed by atoms with Crippen LogP contribution in [0.3, 0.4) is 0 Å². The molecule has 0 saturated heterocycles. The van der Waals surface area contributed by atoms with Gasteiger partial charge in [-0.3, -0.25) is 4.79 Å². The van der Waals surface area contributed by atoms with E-state index in [4.69, 9.17) is 5.11 Å². The van der Waals surface area contributed by atoms with Gasteiger partial charge in [-0.1, -0.05) is 0 Å². The number of hydrogen-bond donors (Lipinski definition) is 2. The monoisotopic (exact) mass is 220 g/mol. The van der Waals surface area contributed by atoms with Crippen molar-refractivity contribution in [3.8, 4) is 11.5 Å². The van der Waals surface area contributed by atoms with Gasteiger partial charge < -0.3 is 10.2 Å². The fourth-order valence-electron chi connectivity index (χ4n) is 1.10. The molecule has 0 unspecified atom stereocenters. The Morgan fingerprint density at radius 3 is 2.20 bits per heavy atom. The molecule has 0 radical (unpaired) electrons. The maximum Gasteiger partial charge on any atom is 0.201 e. The van der Waals surface area contributed by atoms with Gasteiger partial charge in [0.05, 0.1) is 0 Å². The zero-order valence-electron chi connectivity index (χ0n) is 7.64. The number of rotatable bonds is 2. The van der Waals surface area contributed by atoms with Crippen molar-refractivity contribution in [2.24, 2.45) is 0 Å². The summed E-state index contributed by atoms with van der Waals surface area (Å²) < 4.78 is 38.0. The predicted molar refractivity (Wildman–Crippen MR) is 44.7 cm³/mol. The van der Waals surface area contributed by atoms with Crippen LogP contribution < -0.4 is 0 Å². The Bertz CT molecular complexity index is 400. The SMILES string of the molecule is Cc1c(O)c(F)c(F)c(C(=O)CF)c1O. The maximum absolute atomic E-state index is 13.1. The van der Waals surface area contributed by atoms with Crippen LogP contribution in [-0.4, -0.2) is 22.7 Å². The molecule has 0 bridgehead atoms. The first-order valence-electron chi connectivity index (χ1n) is 3.90. The molecular weight excluding hydrogens is 213 g/mol. The molecule has 0 aliphatic carbocycles. The molecule has 0 aliphatic heterocycles. The number of benzene rings is 1. The first kappa shape index (κ1) is 11.4. The lowest BCUT2D eigenvalue weighted by Crippen LogP contribution is -2.08. The Morgan fingerprint density at radius 2 is 1.73 bits per heavy atom. The van der Waals surface area contributed by atoms with Crippen LogP contribution in [0.15, 0.2) is 0 Å². The molecule has 15 heavy (non-hydrogen) atoms. The number of halogens is 3. The quantitative estimate of drug-likeness (QED) is 0.747. The third-order valence-electron chi connectivity index (χ3n) is 1.97. The molecule has 1 rings (SSSR count). The standard InChI is InChI=1S/C9H7F3O3/c1-3-8(14)5(4(13)2-10)6(11)7(12)9(3)15/h14-15H,2H2,1H3. The first-order chi connectivity index (χ1) is 6.91. The van der Waals surface area contributed by atoms with E-state index in [9.17, 15) is 23.1 Å². The van der Waals surface area contributed by atoms with Gasteiger partial charge in [-0.15, -0.1) is 0 Å². The summed E-state index contributed by atoms with van der Waals surface area (Å²) in [4.78, 5) is 10.8. The van der Waals surface area contributed by atoms with Crippen LogP contribution in [0.25, 0.3) is 0 Å². The molecule has 0 atom stereocenters. The highest BCUT2D eigenvalue weighted by molar-refractivity contribution is 6.00. The zero-order chi connectivity index (χ0) is 11.7. The Kier molecular flexibility index (Phi) is 2.88. The third-order valence-corrected chi connectivity index (χ3v) is 1.97. The van der Waals surface area contributed by atoms with Gasteiger partial charge in [0.1, 0.15) is 11.3 Å². The van der Waals surface area contributed by atoms with Gasteiger partial charge >= 0.3 is 0 Å². The van der Waals surface area contributed by atoms with Gasteiger partial charge in [-0.05, 0) is 6.92 Å². The average molecular weight is 220 g/mol. The highest BCUT2D eigenvalue weighted by atomic mass is 19.2. The molecule has 0 spiro atoms. The molecular formula is C9H7F3O3. The van der Waals surface area contributed by atoms with E-state index in [2.05, 4.69) is 0 Å². The smallest absolute Gasteiger partial charge is 0.201 e. The van der Waals surface area contributed by atoms with Crippen molar-refractivity contribution in [2.45, 2.75) is 6.92 Å². The lowest BCUT2D eigenvalue weighted by molar-refractivity contribution is 0.0950. The van der Waals surface area contributed by atoms with Crippen molar-refractivity contribution >= 4 is 5.78 Å². The number of carbonyl (C=O) groups excluding carboxylic acids is 1. The van der Waals surface area contributed by atoms with Gasteiger partial charge in [-0.2, -0.15) is 4.39 Å². The van der Waals surface area contributed by atoms with Gasteiger partial charge in [0.2, 0.25) is 11.6 Å².